The van der Waals surface area contributed by atoms with E-state index in [2.05, 4.69) is 15.4 Å². The molecule has 4 rings (SSSR count). The summed E-state index contributed by atoms with van der Waals surface area (Å²) in [6.45, 7) is 4.06. The van der Waals surface area contributed by atoms with Gasteiger partial charge in [-0.05, 0) is 35.8 Å². The predicted molar refractivity (Wildman–Crippen MR) is 95.0 cm³/mol. The number of ketones is 1. The van der Waals surface area contributed by atoms with Crippen LogP contribution in [0.25, 0.3) is 0 Å². The molecule has 0 amide bonds. The van der Waals surface area contributed by atoms with Crippen molar-refractivity contribution in [2.75, 3.05) is 11.6 Å². The highest BCUT2D eigenvalue weighted by Gasteiger charge is 2.42. The molecule has 0 unspecified atom stereocenters. The molecule has 0 saturated carbocycles. The minimum atomic E-state index is -0.691. The van der Waals surface area contributed by atoms with E-state index in [1.165, 1.54) is 23.9 Å². The van der Waals surface area contributed by atoms with Gasteiger partial charge in [0.2, 0.25) is 11.1 Å². The zero-order valence-corrected chi connectivity index (χ0v) is 15.5. The number of carbonyl (C=O) groups excluding carboxylic acids is 1. The van der Waals surface area contributed by atoms with Crippen LogP contribution in [0.5, 0.6) is 0 Å². The average molecular weight is 376 g/mol. The summed E-state index contributed by atoms with van der Waals surface area (Å²) in [6.07, 6.45) is 2.88. The number of allylic oxidation sites excluding steroid dienone is 2. The fourth-order valence-corrected chi connectivity index (χ4v) is 4.06. The molecule has 0 saturated heterocycles. The second kappa shape index (κ2) is 5.90. The summed E-state index contributed by atoms with van der Waals surface area (Å²) in [5.41, 5.74) is 1.43. The second-order valence-electron chi connectivity index (χ2n) is 7.43. The van der Waals surface area contributed by atoms with Gasteiger partial charge in [0.05, 0.1) is 0 Å². The SMILES string of the molecule is CSc1nc2n(n1)[C@@H](c1cc(F)cc(F)c1)C1=C(CC(C)(C)CC1=O)N2. The monoisotopic (exact) mass is 376 g/mol. The maximum Gasteiger partial charge on any atom is 0.227 e. The Kier molecular flexibility index (Phi) is 3.91. The van der Waals surface area contributed by atoms with E-state index < -0.39 is 17.7 Å². The summed E-state index contributed by atoms with van der Waals surface area (Å²) < 4.78 is 29.3. The molecule has 1 aromatic heterocycles. The summed E-state index contributed by atoms with van der Waals surface area (Å²) in [5, 5.41) is 8.17. The van der Waals surface area contributed by atoms with Gasteiger partial charge >= 0.3 is 0 Å². The van der Waals surface area contributed by atoms with Crippen molar-refractivity contribution in [2.45, 2.75) is 37.9 Å². The van der Waals surface area contributed by atoms with Crippen LogP contribution in [-0.2, 0) is 4.79 Å². The molecule has 1 aliphatic heterocycles. The molecule has 2 aliphatic rings. The Morgan fingerprint density at radius 3 is 2.58 bits per heavy atom. The first-order valence-corrected chi connectivity index (χ1v) is 9.50. The zero-order valence-electron chi connectivity index (χ0n) is 14.6. The van der Waals surface area contributed by atoms with E-state index in [1.807, 2.05) is 20.1 Å². The van der Waals surface area contributed by atoms with Crippen LogP contribution in [0.3, 0.4) is 0 Å². The number of anilines is 1. The molecular formula is C18H18F2N4OS. The Morgan fingerprint density at radius 2 is 1.92 bits per heavy atom. The molecule has 0 spiro atoms. The number of nitrogens with one attached hydrogen (secondary N) is 1. The van der Waals surface area contributed by atoms with Crippen molar-refractivity contribution in [2.24, 2.45) is 5.41 Å². The maximum atomic E-state index is 13.9. The van der Waals surface area contributed by atoms with Gasteiger partial charge in [-0.2, -0.15) is 4.98 Å². The van der Waals surface area contributed by atoms with Crippen LogP contribution in [0.15, 0.2) is 34.6 Å². The second-order valence-corrected chi connectivity index (χ2v) is 8.20. The van der Waals surface area contributed by atoms with Crippen molar-refractivity contribution in [3.05, 3.63) is 46.7 Å². The van der Waals surface area contributed by atoms with Crippen molar-refractivity contribution in [3.8, 4) is 0 Å². The molecular weight excluding hydrogens is 358 g/mol. The molecule has 0 fully saturated rings. The molecule has 0 bridgehead atoms. The molecule has 2 aromatic rings. The van der Waals surface area contributed by atoms with E-state index in [0.717, 1.165) is 11.8 Å². The van der Waals surface area contributed by atoms with Crippen molar-refractivity contribution in [1.29, 1.82) is 0 Å². The Hall–Kier alpha value is -2.22. The van der Waals surface area contributed by atoms with Gasteiger partial charge < -0.3 is 5.32 Å². The number of Topliss-reactive ketones (excluding diaryl/α,β-unsaturated/α-hetero) is 1. The summed E-state index contributed by atoms with van der Waals surface area (Å²) in [7, 11) is 0. The van der Waals surface area contributed by atoms with Crippen molar-refractivity contribution >= 4 is 23.5 Å². The number of benzene rings is 1. The largest absolute Gasteiger partial charge is 0.328 e. The molecule has 136 valence electrons. The molecule has 1 N–H and O–H groups in total. The number of nitrogens with zero attached hydrogens (tertiary/aromatic N) is 3. The van der Waals surface area contributed by atoms with Gasteiger partial charge in [0.1, 0.15) is 17.7 Å². The third-order valence-corrected chi connectivity index (χ3v) is 5.23. The third-order valence-electron chi connectivity index (χ3n) is 4.70. The summed E-state index contributed by atoms with van der Waals surface area (Å²) in [5.74, 6) is -0.925. The minimum Gasteiger partial charge on any atom is -0.328 e. The smallest absolute Gasteiger partial charge is 0.227 e. The number of aromatic nitrogens is 3. The molecule has 2 heterocycles. The van der Waals surface area contributed by atoms with Gasteiger partial charge in [0, 0.05) is 23.8 Å². The number of thioether (sulfide) groups is 1. The first-order valence-electron chi connectivity index (χ1n) is 8.27. The lowest BCUT2D eigenvalue weighted by Gasteiger charge is -2.38. The molecule has 26 heavy (non-hydrogen) atoms. The number of halogens is 2. The molecule has 1 aromatic carbocycles. The van der Waals surface area contributed by atoms with Crippen molar-refractivity contribution < 1.29 is 13.6 Å². The van der Waals surface area contributed by atoms with Gasteiger partial charge in [0.25, 0.3) is 0 Å². The number of rotatable bonds is 2. The van der Waals surface area contributed by atoms with Crippen LogP contribution in [0.4, 0.5) is 14.7 Å². The Balaban J connectivity index is 1.94. The number of fused-ring (bicyclic) bond motifs is 1. The highest BCUT2D eigenvalue weighted by Crippen LogP contribution is 2.45. The number of hydrogen-bond donors (Lipinski definition) is 1. The first-order chi connectivity index (χ1) is 12.3. The minimum absolute atomic E-state index is 0.0368. The fraction of sp³-hybridized carbons (Fsp3) is 0.389. The normalized spacial score (nSPS) is 21.3. The third kappa shape index (κ3) is 2.82. The van der Waals surface area contributed by atoms with E-state index in [4.69, 9.17) is 0 Å². The lowest BCUT2D eigenvalue weighted by molar-refractivity contribution is -0.118. The summed E-state index contributed by atoms with van der Waals surface area (Å²) >= 11 is 1.37. The van der Waals surface area contributed by atoms with Crippen LogP contribution in [0.1, 0.15) is 38.3 Å². The predicted octanol–water partition coefficient (Wildman–Crippen LogP) is 3.94. The molecule has 8 heteroatoms. The van der Waals surface area contributed by atoms with Crippen molar-refractivity contribution in [1.82, 2.24) is 14.8 Å². The highest BCUT2D eigenvalue weighted by atomic mass is 32.2. The molecule has 0 radical (unpaired) electrons. The fourth-order valence-electron chi connectivity index (χ4n) is 3.72. The van der Waals surface area contributed by atoms with Gasteiger partial charge in [-0.1, -0.05) is 25.6 Å². The van der Waals surface area contributed by atoms with Crippen LogP contribution >= 0.6 is 11.8 Å². The maximum absolute atomic E-state index is 13.9. The van der Waals surface area contributed by atoms with E-state index in [-0.39, 0.29) is 11.2 Å². The molecule has 1 aliphatic carbocycles. The molecule has 5 nitrogen and oxygen atoms in total. The highest BCUT2D eigenvalue weighted by molar-refractivity contribution is 7.98. The molecule has 1 atom stereocenters. The van der Waals surface area contributed by atoms with Crippen LogP contribution in [-0.4, -0.2) is 26.8 Å². The average Bonchev–Trinajstić information content (AvgIpc) is 2.93. The van der Waals surface area contributed by atoms with Crippen LogP contribution in [0.2, 0.25) is 0 Å². The lowest BCUT2D eigenvalue weighted by Crippen LogP contribution is -2.36. The Bertz CT molecular complexity index is 930. The first kappa shape index (κ1) is 17.2. The van der Waals surface area contributed by atoms with Gasteiger partial charge in [0.15, 0.2) is 5.78 Å². The standard InChI is InChI=1S/C18H18F2N4OS/c1-18(2)7-12-14(13(25)8-18)15(9-4-10(19)6-11(20)5-9)24-16(21-12)22-17(23-24)26-3/h4-6,15H,7-8H2,1-3H3,(H,21,22,23)/t15-/m0/s1. The van der Waals surface area contributed by atoms with E-state index in [9.17, 15) is 13.6 Å². The van der Waals surface area contributed by atoms with E-state index in [0.29, 0.717) is 35.1 Å². The number of hydrogen-bond acceptors (Lipinski definition) is 5. The quantitative estimate of drug-likeness (QED) is 0.805. The Labute approximate surface area is 153 Å². The van der Waals surface area contributed by atoms with Gasteiger partial charge in [-0.25, -0.2) is 13.5 Å². The van der Waals surface area contributed by atoms with E-state index >= 15 is 0 Å². The Morgan fingerprint density at radius 1 is 1.23 bits per heavy atom. The van der Waals surface area contributed by atoms with Crippen LogP contribution < -0.4 is 5.32 Å². The topological polar surface area (TPSA) is 59.8 Å². The summed E-state index contributed by atoms with van der Waals surface area (Å²) in [6, 6.07) is 2.63. The summed E-state index contributed by atoms with van der Waals surface area (Å²) in [4.78, 5) is 17.4. The van der Waals surface area contributed by atoms with Crippen molar-refractivity contribution in [3.63, 3.8) is 0 Å². The number of carbonyl (C=O) groups is 1. The zero-order chi connectivity index (χ0) is 18.6. The lowest BCUT2D eigenvalue weighted by atomic mass is 9.73. The van der Waals surface area contributed by atoms with Gasteiger partial charge in [-0.15, -0.1) is 5.10 Å². The van der Waals surface area contributed by atoms with E-state index in [1.54, 1.807) is 4.68 Å². The van der Waals surface area contributed by atoms with Crippen LogP contribution in [0, 0.1) is 17.0 Å². The van der Waals surface area contributed by atoms with Gasteiger partial charge in [-0.3, -0.25) is 4.79 Å².